The molecule has 1 amide bonds. The van der Waals surface area contributed by atoms with Crippen molar-refractivity contribution in [2.24, 2.45) is 0 Å². The van der Waals surface area contributed by atoms with Crippen molar-refractivity contribution in [3.63, 3.8) is 0 Å². The molecular weight excluding hydrogens is 390 g/mol. The first kappa shape index (κ1) is 21.1. The van der Waals surface area contributed by atoms with Gasteiger partial charge in [-0.2, -0.15) is 0 Å². The number of ketones is 1. The van der Waals surface area contributed by atoms with Crippen LogP contribution in [-0.2, 0) is 19.1 Å². The van der Waals surface area contributed by atoms with Crippen molar-refractivity contribution in [2.75, 3.05) is 18.6 Å². The predicted molar refractivity (Wildman–Crippen MR) is 108 cm³/mol. The van der Waals surface area contributed by atoms with Gasteiger partial charge in [0, 0.05) is 11.3 Å². The first-order valence-corrected chi connectivity index (χ1v) is 9.19. The molecule has 1 aliphatic rings. The standard InChI is InChI=1S/C22H21NO7/c1-4-30-16-11-7-14(8-12-16)18(24)17-19(25)20(26)23(22(17,28)21(27)29-3)15-9-5-13(2)6-10-15/h5-12,24,28H,4H2,1-3H3. The summed E-state index contributed by atoms with van der Waals surface area (Å²) in [5, 5.41) is 22.1. The summed E-state index contributed by atoms with van der Waals surface area (Å²) in [7, 11) is 1.01. The van der Waals surface area contributed by atoms with Gasteiger partial charge in [0.25, 0.3) is 11.5 Å². The largest absolute Gasteiger partial charge is 0.507 e. The maximum absolute atomic E-state index is 12.8. The van der Waals surface area contributed by atoms with E-state index in [-0.39, 0.29) is 11.3 Å². The van der Waals surface area contributed by atoms with Crippen molar-refractivity contribution in [3.05, 3.63) is 65.2 Å². The molecule has 156 valence electrons. The molecule has 2 aromatic rings. The molecule has 0 bridgehead atoms. The Morgan fingerprint density at radius 1 is 1.07 bits per heavy atom. The summed E-state index contributed by atoms with van der Waals surface area (Å²) >= 11 is 0. The maximum atomic E-state index is 12.8. The lowest BCUT2D eigenvalue weighted by atomic mass is 9.97. The molecule has 1 heterocycles. The molecule has 1 unspecified atom stereocenters. The van der Waals surface area contributed by atoms with Gasteiger partial charge in [-0.15, -0.1) is 0 Å². The first-order chi connectivity index (χ1) is 14.2. The van der Waals surface area contributed by atoms with Crippen LogP contribution in [0.3, 0.4) is 0 Å². The lowest BCUT2D eigenvalue weighted by Crippen LogP contribution is -2.54. The van der Waals surface area contributed by atoms with Gasteiger partial charge in [-0.25, -0.2) is 4.79 Å². The first-order valence-electron chi connectivity index (χ1n) is 9.19. The second kappa shape index (κ2) is 8.00. The van der Waals surface area contributed by atoms with Crippen molar-refractivity contribution < 1.29 is 34.1 Å². The minimum Gasteiger partial charge on any atom is -0.507 e. The molecule has 0 spiro atoms. The zero-order valence-electron chi connectivity index (χ0n) is 16.7. The van der Waals surface area contributed by atoms with Crippen LogP contribution in [-0.4, -0.2) is 47.3 Å². The number of hydrogen-bond donors (Lipinski definition) is 2. The molecule has 0 aliphatic carbocycles. The van der Waals surface area contributed by atoms with E-state index in [0.29, 0.717) is 17.3 Å². The molecule has 1 aliphatic heterocycles. The van der Waals surface area contributed by atoms with Crippen LogP contribution in [0, 0.1) is 6.92 Å². The van der Waals surface area contributed by atoms with Crippen LogP contribution in [0.4, 0.5) is 5.69 Å². The number of rotatable bonds is 5. The fourth-order valence-corrected chi connectivity index (χ4v) is 3.25. The normalized spacial score (nSPS) is 20.3. The minimum absolute atomic E-state index is 0.0985. The van der Waals surface area contributed by atoms with Gasteiger partial charge in [0.05, 0.1) is 13.7 Å². The summed E-state index contributed by atoms with van der Waals surface area (Å²) in [5.74, 6) is -3.85. The zero-order chi connectivity index (χ0) is 22.1. The lowest BCUT2D eigenvalue weighted by molar-refractivity contribution is -0.158. The Morgan fingerprint density at radius 2 is 1.67 bits per heavy atom. The van der Waals surface area contributed by atoms with Gasteiger partial charge >= 0.3 is 11.9 Å². The molecular formula is C22H21NO7. The van der Waals surface area contributed by atoms with E-state index in [1.807, 2.05) is 13.8 Å². The van der Waals surface area contributed by atoms with Crippen molar-refractivity contribution in [1.29, 1.82) is 0 Å². The van der Waals surface area contributed by atoms with Crippen LogP contribution >= 0.6 is 0 Å². The number of aryl methyl sites for hydroxylation is 1. The fourth-order valence-electron chi connectivity index (χ4n) is 3.25. The molecule has 1 saturated heterocycles. The van der Waals surface area contributed by atoms with Crippen molar-refractivity contribution in [1.82, 2.24) is 0 Å². The highest BCUT2D eigenvalue weighted by atomic mass is 16.5. The number of nitrogens with zero attached hydrogens (tertiary/aromatic N) is 1. The molecule has 2 N–H and O–H groups in total. The number of carbonyl (C=O) groups is 3. The molecule has 8 nitrogen and oxygen atoms in total. The predicted octanol–water partition coefficient (Wildman–Crippen LogP) is 2.14. The highest BCUT2D eigenvalue weighted by molar-refractivity contribution is 6.54. The lowest BCUT2D eigenvalue weighted by Gasteiger charge is -2.31. The molecule has 1 atom stereocenters. The number of ether oxygens (including phenoxy) is 2. The number of carbonyl (C=O) groups excluding carboxylic acids is 3. The molecule has 0 saturated carbocycles. The van der Waals surface area contributed by atoms with E-state index in [1.165, 1.54) is 24.3 Å². The Labute approximate surface area is 173 Å². The molecule has 0 radical (unpaired) electrons. The monoisotopic (exact) mass is 411 g/mol. The number of aliphatic hydroxyl groups excluding tert-OH is 1. The topological polar surface area (TPSA) is 113 Å². The van der Waals surface area contributed by atoms with Crippen LogP contribution in [0.5, 0.6) is 5.75 Å². The summed E-state index contributed by atoms with van der Waals surface area (Å²) in [6.07, 6.45) is 0. The maximum Gasteiger partial charge on any atom is 0.365 e. The van der Waals surface area contributed by atoms with Crippen LogP contribution in [0.25, 0.3) is 5.76 Å². The molecule has 3 rings (SSSR count). The van der Waals surface area contributed by atoms with Gasteiger partial charge in [0.15, 0.2) is 0 Å². The second-order valence-corrected chi connectivity index (χ2v) is 6.65. The summed E-state index contributed by atoms with van der Waals surface area (Å²) < 4.78 is 10.0. The SMILES string of the molecule is CCOc1ccc(C(O)=C2C(=O)C(=O)N(c3ccc(C)cc3)C2(O)C(=O)OC)cc1. The van der Waals surface area contributed by atoms with Crippen LogP contribution in [0.2, 0.25) is 0 Å². The molecule has 2 aromatic carbocycles. The Morgan fingerprint density at radius 3 is 2.20 bits per heavy atom. The molecule has 1 fully saturated rings. The Balaban J connectivity index is 2.20. The van der Waals surface area contributed by atoms with Gasteiger partial charge in [-0.1, -0.05) is 17.7 Å². The Kier molecular flexibility index (Phi) is 5.62. The minimum atomic E-state index is -2.83. The van der Waals surface area contributed by atoms with E-state index in [4.69, 9.17) is 4.74 Å². The van der Waals surface area contributed by atoms with Crippen molar-refractivity contribution >= 4 is 29.1 Å². The average Bonchev–Trinajstić information content (AvgIpc) is 2.95. The van der Waals surface area contributed by atoms with Gasteiger partial charge in [0.1, 0.15) is 17.1 Å². The summed E-state index contributed by atoms with van der Waals surface area (Å²) in [6, 6.07) is 12.2. The van der Waals surface area contributed by atoms with E-state index in [2.05, 4.69) is 4.74 Å². The fraction of sp³-hybridized carbons (Fsp3) is 0.227. The summed E-state index contributed by atoms with van der Waals surface area (Å²) in [5.41, 5.74) is -2.53. The van der Waals surface area contributed by atoms with Crippen LogP contribution in [0.1, 0.15) is 18.1 Å². The molecule has 0 aromatic heterocycles. The van der Waals surface area contributed by atoms with E-state index in [1.54, 1.807) is 24.3 Å². The average molecular weight is 411 g/mol. The van der Waals surface area contributed by atoms with Crippen LogP contribution < -0.4 is 9.64 Å². The van der Waals surface area contributed by atoms with Crippen molar-refractivity contribution in [3.8, 4) is 5.75 Å². The number of anilines is 1. The van der Waals surface area contributed by atoms with Gasteiger partial charge in [-0.05, 0) is 50.2 Å². The van der Waals surface area contributed by atoms with E-state index in [9.17, 15) is 24.6 Å². The quantitative estimate of drug-likeness (QED) is 0.335. The Bertz CT molecular complexity index is 1020. The molecule has 30 heavy (non-hydrogen) atoms. The van der Waals surface area contributed by atoms with Gasteiger partial charge < -0.3 is 19.7 Å². The van der Waals surface area contributed by atoms with Gasteiger partial charge in [-0.3, -0.25) is 14.5 Å². The third-order valence-electron chi connectivity index (χ3n) is 4.73. The van der Waals surface area contributed by atoms with E-state index in [0.717, 1.165) is 12.7 Å². The number of benzene rings is 2. The third-order valence-corrected chi connectivity index (χ3v) is 4.73. The van der Waals surface area contributed by atoms with Crippen molar-refractivity contribution in [2.45, 2.75) is 19.6 Å². The summed E-state index contributed by atoms with van der Waals surface area (Å²) in [6.45, 7) is 4.07. The smallest absolute Gasteiger partial charge is 0.365 e. The van der Waals surface area contributed by atoms with Crippen LogP contribution in [0.15, 0.2) is 54.1 Å². The third kappa shape index (κ3) is 3.31. The Hall–Kier alpha value is -3.65. The number of aliphatic hydroxyl groups is 2. The second-order valence-electron chi connectivity index (χ2n) is 6.65. The highest BCUT2D eigenvalue weighted by Crippen LogP contribution is 2.40. The highest BCUT2D eigenvalue weighted by Gasteiger charge is 2.62. The number of Topliss-reactive ketones (excluding diaryl/α,β-unsaturated/α-hetero) is 1. The number of methoxy groups -OCH3 is 1. The number of amides is 1. The van der Waals surface area contributed by atoms with Gasteiger partial charge in [0.2, 0.25) is 0 Å². The number of esters is 1. The van der Waals surface area contributed by atoms with E-state index < -0.39 is 34.7 Å². The zero-order valence-corrected chi connectivity index (χ0v) is 16.7. The summed E-state index contributed by atoms with van der Waals surface area (Å²) in [4.78, 5) is 38.7. The molecule has 8 heteroatoms. The number of hydrogen-bond acceptors (Lipinski definition) is 7. The van der Waals surface area contributed by atoms with E-state index >= 15 is 0 Å².